The quantitative estimate of drug-likeness (QED) is 0.171. The number of unbranched alkanes of at least 4 members (excludes halogenated alkanes) is 1. The second-order valence-corrected chi connectivity index (χ2v) is 4.91. The van der Waals surface area contributed by atoms with Crippen molar-refractivity contribution >= 4 is 37.3 Å². The molecule has 100 valence electrons. The van der Waals surface area contributed by atoms with Crippen LogP contribution in [0.15, 0.2) is 0 Å². The van der Waals surface area contributed by atoms with Gasteiger partial charge in [-0.05, 0) is 6.42 Å². The van der Waals surface area contributed by atoms with E-state index < -0.39 is 7.75 Å². The van der Waals surface area contributed by atoms with Crippen LogP contribution in [0, 0.1) is 0 Å². The normalized spacial score (nSPS) is 14.1. The van der Waals surface area contributed by atoms with Crippen molar-refractivity contribution in [1.82, 2.24) is 10.6 Å². The molecule has 0 bridgehead atoms. The van der Waals surface area contributed by atoms with Crippen LogP contribution in [0.5, 0.6) is 0 Å². The molecule has 0 heterocycles. The predicted octanol–water partition coefficient (Wildman–Crippen LogP) is -0.709. The summed E-state index contributed by atoms with van der Waals surface area (Å²) in [4.78, 5) is 0. The Balaban J connectivity index is 0. The van der Waals surface area contributed by atoms with Gasteiger partial charge >= 0.3 is 37.3 Å². The molecule has 0 aliphatic carbocycles. The molecule has 1 atom stereocenters. The Kier molecular flexibility index (Phi) is 16.0. The molecule has 0 aliphatic heterocycles. The van der Waals surface area contributed by atoms with Gasteiger partial charge in [0.25, 0.3) is 0 Å². The summed E-state index contributed by atoms with van der Waals surface area (Å²) >= 11 is 0. The van der Waals surface area contributed by atoms with Gasteiger partial charge in [0.1, 0.15) is 0 Å². The monoisotopic (exact) mass is 278 g/mol. The Hall–Kier alpha value is 0.990. The van der Waals surface area contributed by atoms with E-state index in [0.717, 1.165) is 12.8 Å². The van der Waals surface area contributed by atoms with E-state index in [0.29, 0.717) is 32.8 Å². The molecular weight excluding hydrogens is 254 g/mol. The summed E-state index contributed by atoms with van der Waals surface area (Å²) in [6, 6.07) is 0. The number of nitrogens with one attached hydrogen (secondary N) is 2. The van der Waals surface area contributed by atoms with E-state index in [4.69, 9.17) is 20.6 Å². The van der Waals surface area contributed by atoms with Gasteiger partial charge in [-0.15, -0.1) is 0 Å². The van der Waals surface area contributed by atoms with Crippen molar-refractivity contribution in [2.24, 2.45) is 11.5 Å². The second kappa shape index (κ2) is 13.4. The first-order chi connectivity index (χ1) is 7.68. The van der Waals surface area contributed by atoms with Gasteiger partial charge in [0.15, 0.2) is 0 Å². The number of rotatable bonds is 11. The SMILES string of the molecule is CCCCOP(=O)(NCCN)ONCCN.[NaH]. The number of hydrogen-bond acceptors (Lipinski definition) is 6. The molecule has 9 heteroatoms. The zero-order valence-corrected chi connectivity index (χ0v) is 10.7. The van der Waals surface area contributed by atoms with Crippen molar-refractivity contribution in [3.63, 3.8) is 0 Å². The topological polar surface area (TPSA) is 112 Å². The molecule has 0 saturated carbocycles. The molecule has 17 heavy (non-hydrogen) atoms. The number of hydroxylamine groups is 1. The molecule has 7 nitrogen and oxygen atoms in total. The Morgan fingerprint density at radius 3 is 2.41 bits per heavy atom. The fraction of sp³-hybridized carbons (Fsp3) is 1.00. The van der Waals surface area contributed by atoms with Crippen LogP contribution < -0.4 is 22.0 Å². The fourth-order valence-corrected chi connectivity index (χ4v) is 2.07. The molecule has 0 fully saturated rings. The second-order valence-electron chi connectivity index (χ2n) is 3.16. The molecule has 0 aromatic rings. The van der Waals surface area contributed by atoms with Gasteiger partial charge in [0.2, 0.25) is 0 Å². The van der Waals surface area contributed by atoms with Gasteiger partial charge < -0.3 is 11.5 Å². The third-order valence-electron chi connectivity index (χ3n) is 1.64. The molecule has 0 rings (SSSR count). The Labute approximate surface area is 125 Å². The van der Waals surface area contributed by atoms with Crippen molar-refractivity contribution in [1.29, 1.82) is 0 Å². The zero-order valence-electron chi connectivity index (χ0n) is 9.78. The van der Waals surface area contributed by atoms with Crippen LogP contribution in [-0.4, -0.2) is 62.3 Å². The maximum atomic E-state index is 12.0. The van der Waals surface area contributed by atoms with Crippen LogP contribution in [0.25, 0.3) is 0 Å². The van der Waals surface area contributed by atoms with E-state index >= 15 is 0 Å². The molecule has 0 aromatic carbocycles. The zero-order chi connectivity index (χ0) is 12.3. The molecule has 0 spiro atoms. The third-order valence-corrected chi connectivity index (χ3v) is 3.14. The standard InChI is InChI=1S/C8H23N4O3P.Na.H/c1-2-3-8-14-16(13,12-7-5-10)15-11-6-4-9;;/h11H,2-10H2,1H3,(H,12,13);;. The van der Waals surface area contributed by atoms with E-state index in [1.54, 1.807) is 0 Å². The van der Waals surface area contributed by atoms with Gasteiger partial charge in [-0.1, -0.05) is 13.3 Å². The predicted molar refractivity (Wildman–Crippen MR) is 70.8 cm³/mol. The molecule has 0 saturated heterocycles. The van der Waals surface area contributed by atoms with E-state index in [9.17, 15) is 4.57 Å². The van der Waals surface area contributed by atoms with Crippen LogP contribution in [-0.2, 0) is 13.7 Å². The molecular formula is C8H24N4NaO3P. The molecule has 0 aliphatic rings. The minimum atomic E-state index is -3.29. The maximum absolute atomic E-state index is 12.0. The van der Waals surface area contributed by atoms with Crippen molar-refractivity contribution < 1.29 is 13.7 Å². The summed E-state index contributed by atoms with van der Waals surface area (Å²) in [6.07, 6.45) is 1.79. The molecule has 1 unspecified atom stereocenters. The summed E-state index contributed by atoms with van der Waals surface area (Å²) in [5.74, 6) is 0. The van der Waals surface area contributed by atoms with E-state index in [-0.39, 0.29) is 29.6 Å². The van der Waals surface area contributed by atoms with Crippen molar-refractivity contribution in [2.75, 3.05) is 32.8 Å². The first-order valence-electron chi connectivity index (χ1n) is 5.49. The van der Waals surface area contributed by atoms with Crippen LogP contribution in [0.4, 0.5) is 0 Å². The van der Waals surface area contributed by atoms with Crippen LogP contribution in [0.3, 0.4) is 0 Å². The molecule has 0 amide bonds. The number of nitrogens with two attached hydrogens (primary N) is 2. The van der Waals surface area contributed by atoms with Crippen LogP contribution >= 0.6 is 7.75 Å². The van der Waals surface area contributed by atoms with Gasteiger partial charge in [-0.2, -0.15) is 5.48 Å². The van der Waals surface area contributed by atoms with Crippen LogP contribution in [0.1, 0.15) is 19.8 Å². The summed E-state index contributed by atoms with van der Waals surface area (Å²) in [6.45, 7) is 3.94. The summed E-state index contributed by atoms with van der Waals surface area (Å²) in [7, 11) is -3.29. The average Bonchev–Trinajstić information content (AvgIpc) is 2.27. The van der Waals surface area contributed by atoms with Gasteiger partial charge in [0.05, 0.1) is 6.61 Å². The summed E-state index contributed by atoms with van der Waals surface area (Å²) < 4.78 is 22.1. The summed E-state index contributed by atoms with van der Waals surface area (Å²) in [5.41, 5.74) is 13.1. The molecule has 0 aromatic heterocycles. The van der Waals surface area contributed by atoms with Gasteiger partial charge in [-0.25, -0.2) is 14.3 Å². The van der Waals surface area contributed by atoms with Crippen molar-refractivity contribution in [2.45, 2.75) is 19.8 Å². The number of hydrogen-bond donors (Lipinski definition) is 4. The van der Waals surface area contributed by atoms with Gasteiger partial charge in [0, 0.05) is 26.2 Å². The first-order valence-corrected chi connectivity index (χ1v) is 7.04. The fourth-order valence-electron chi connectivity index (χ4n) is 0.824. The van der Waals surface area contributed by atoms with Crippen molar-refractivity contribution in [3.8, 4) is 0 Å². The van der Waals surface area contributed by atoms with E-state index in [1.165, 1.54) is 0 Å². The average molecular weight is 278 g/mol. The van der Waals surface area contributed by atoms with E-state index in [1.807, 2.05) is 6.92 Å². The van der Waals surface area contributed by atoms with E-state index in [2.05, 4.69) is 10.6 Å². The van der Waals surface area contributed by atoms with Crippen molar-refractivity contribution in [3.05, 3.63) is 0 Å². The summed E-state index contributed by atoms with van der Waals surface area (Å²) in [5, 5.41) is 2.65. The first kappa shape index (κ1) is 20.3. The Morgan fingerprint density at radius 1 is 1.24 bits per heavy atom. The minimum absolute atomic E-state index is 0. The third kappa shape index (κ3) is 11.8. The Bertz CT molecular complexity index is 197. The van der Waals surface area contributed by atoms with Gasteiger partial charge in [-0.3, -0.25) is 4.52 Å². The molecule has 6 N–H and O–H groups in total. The molecule has 0 radical (unpaired) electrons. The van der Waals surface area contributed by atoms with Crippen LogP contribution in [0.2, 0.25) is 0 Å². The Morgan fingerprint density at radius 2 is 1.88 bits per heavy atom.